The SMILES string of the molecule is Cc1cc(CN)ccc1S(=O)(=O)Nc1ccncc1F. The molecule has 1 aromatic heterocycles. The van der Waals surface area contributed by atoms with Crippen molar-refractivity contribution < 1.29 is 12.8 Å². The summed E-state index contributed by atoms with van der Waals surface area (Å²) in [5.41, 5.74) is 6.74. The predicted molar refractivity (Wildman–Crippen MR) is 74.1 cm³/mol. The van der Waals surface area contributed by atoms with Gasteiger partial charge in [-0.2, -0.15) is 0 Å². The van der Waals surface area contributed by atoms with Gasteiger partial charge in [-0.15, -0.1) is 0 Å². The fourth-order valence-electron chi connectivity index (χ4n) is 1.80. The van der Waals surface area contributed by atoms with E-state index in [0.29, 0.717) is 12.1 Å². The summed E-state index contributed by atoms with van der Waals surface area (Å²) in [4.78, 5) is 3.65. The van der Waals surface area contributed by atoms with Gasteiger partial charge in [0, 0.05) is 12.7 Å². The molecule has 20 heavy (non-hydrogen) atoms. The van der Waals surface area contributed by atoms with Crippen LogP contribution in [0, 0.1) is 12.7 Å². The molecule has 0 aliphatic rings. The number of hydrogen-bond acceptors (Lipinski definition) is 4. The standard InChI is InChI=1S/C13H14FN3O2S/c1-9-6-10(7-15)2-3-13(9)20(18,19)17-12-4-5-16-8-11(12)14/h2-6,8H,7,15H2,1H3,(H,16,17). The van der Waals surface area contributed by atoms with Gasteiger partial charge in [-0.3, -0.25) is 9.71 Å². The summed E-state index contributed by atoms with van der Waals surface area (Å²) in [7, 11) is -3.85. The van der Waals surface area contributed by atoms with Crippen LogP contribution >= 0.6 is 0 Å². The van der Waals surface area contributed by atoms with Crippen LogP contribution < -0.4 is 10.5 Å². The Hall–Kier alpha value is -1.99. The summed E-state index contributed by atoms with van der Waals surface area (Å²) in [6, 6.07) is 6.04. The van der Waals surface area contributed by atoms with Crippen LogP contribution in [0.2, 0.25) is 0 Å². The molecule has 0 spiro atoms. The van der Waals surface area contributed by atoms with Crippen molar-refractivity contribution in [1.82, 2.24) is 4.98 Å². The van der Waals surface area contributed by atoms with Gasteiger partial charge in [0.25, 0.3) is 10.0 Å². The molecule has 0 saturated heterocycles. The number of aromatic nitrogens is 1. The zero-order valence-corrected chi connectivity index (χ0v) is 11.6. The normalized spacial score (nSPS) is 11.3. The molecular formula is C13H14FN3O2S. The van der Waals surface area contributed by atoms with Gasteiger partial charge in [0.1, 0.15) is 0 Å². The van der Waals surface area contributed by atoms with E-state index in [1.165, 1.54) is 18.3 Å². The highest BCUT2D eigenvalue weighted by Crippen LogP contribution is 2.21. The number of aryl methyl sites for hydroxylation is 1. The molecular weight excluding hydrogens is 281 g/mol. The van der Waals surface area contributed by atoms with Gasteiger partial charge in [-0.1, -0.05) is 12.1 Å². The van der Waals surface area contributed by atoms with Crippen molar-refractivity contribution in [3.05, 3.63) is 53.6 Å². The number of sulfonamides is 1. The van der Waals surface area contributed by atoms with E-state index in [1.807, 2.05) is 0 Å². The number of benzene rings is 1. The number of halogens is 1. The van der Waals surface area contributed by atoms with Gasteiger partial charge < -0.3 is 5.73 Å². The Labute approximate surface area is 116 Å². The molecule has 0 amide bonds. The monoisotopic (exact) mass is 295 g/mol. The number of hydrogen-bond donors (Lipinski definition) is 2. The molecule has 0 unspecified atom stereocenters. The smallest absolute Gasteiger partial charge is 0.262 e. The van der Waals surface area contributed by atoms with Crippen molar-refractivity contribution in [3.63, 3.8) is 0 Å². The van der Waals surface area contributed by atoms with E-state index < -0.39 is 15.8 Å². The fourth-order valence-corrected chi connectivity index (χ4v) is 3.09. The Kier molecular flexibility index (Phi) is 4.01. The topological polar surface area (TPSA) is 85.1 Å². The van der Waals surface area contributed by atoms with E-state index in [9.17, 15) is 12.8 Å². The van der Waals surface area contributed by atoms with E-state index >= 15 is 0 Å². The van der Waals surface area contributed by atoms with Gasteiger partial charge >= 0.3 is 0 Å². The highest BCUT2D eigenvalue weighted by molar-refractivity contribution is 7.92. The molecule has 5 nitrogen and oxygen atoms in total. The van der Waals surface area contributed by atoms with Crippen molar-refractivity contribution >= 4 is 15.7 Å². The minimum Gasteiger partial charge on any atom is -0.326 e. The summed E-state index contributed by atoms with van der Waals surface area (Å²) >= 11 is 0. The van der Waals surface area contributed by atoms with E-state index in [-0.39, 0.29) is 10.6 Å². The van der Waals surface area contributed by atoms with Crippen LogP contribution in [-0.2, 0) is 16.6 Å². The molecule has 106 valence electrons. The van der Waals surface area contributed by atoms with Gasteiger partial charge in [-0.05, 0) is 30.2 Å². The largest absolute Gasteiger partial charge is 0.326 e. The highest BCUT2D eigenvalue weighted by Gasteiger charge is 2.18. The lowest BCUT2D eigenvalue weighted by Gasteiger charge is -2.11. The third-order valence-electron chi connectivity index (χ3n) is 2.78. The predicted octanol–water partition coefficient (Wildman–Crippen LogP) is 1.79. The molecule has 7 heteroatoms. The van der Waals surface area contributed by atoms with Crippen molar-refractivity contribution in [2.45, 2.75) is 18.4 Å². The maximum absolute atomic E-state index is 13.4. The molecule has 0 bridgehead atoms. The molecule has 2 aromatic rings. The highest BCUT2D eigenvalue weighted by atomic mass is 32.2. The van der Waals surface area contributed by atoms with Crippen molar-refractivity contribution in [3.8, 4) is 0 Å². The van der Waals surface area contributed by atoms with Gasteiger partial charge in [-0.25, -0.2) is 12.8 Å². The molecule has 1 heterocycles. The third kappa shape index (κ3) is 2.94. The number of pyridine rings is 1. The molecule has 0 aliphatic carbocycles. The van der Waals surface area contributed by atoms with Crippen LogP contribution in [0.25, 0.3) is 0 Å². The van der Waals surface area contributed by atoms with E-state index in [2.05, 4.69) is 9.71 Å². The van der Waals surface area contributed by atoms with Gasteiger partial charge in [0.15, 0.2) is 5.82 Å². The third-order valence-corrected chi connectivity index (χ3v) is 4.31. The Bertz CT molecular complexity index is 732. The summed E-state index contributed by atoms with van der Waals surface area (Å²) in [6.45, 7) is 1.99. The quantitative estimate of drug-likeness (QED) is 0.900. The zero-order chi connectivity index (χ0) is 14.8. The van der Waals surface area contributed by atoms with Crippen LogP contribution in [0.4, 0.5) is 10.1 Å². The molecule has 0 atom stereocenters. The molecule has 0 saturated carbocycles. The van der Waals surface area contributed by atoms with Crippen LogP contribution in [-0.4, -0.2) is 13.4 Å². The minimum absolute atomic E-state index is 0.0888. The number of nitrogens with zero attached hydrogens (tertiary/aromatic N) is 1. The lowest BCUT2D eigenvalue weighted by molar-refractivity contribution is 0.597. The second kappa shape index (κ2) is 5.56. The van der Waals surface area contributed by atoms with Crippen LogP contribution in [0.5, 0.6) is 0 Å². The van der Waals surface area contributed by atoms with E-state index in [0.717, 1.165) is 11.8 Å². The van der Waals surface area contributed by atoms with Gasteiger partial charge in [0.2, 0.25) is 0 Å². The van der Waals surface area contributed by atoms with E-state index in [1.54, 1.807) is 19.1 Å². The maximum Gasteiger partial charge on any atom is 0.262 e. The number of anilines is 1. The molecule has 3 N–H and O–H groups in total. The Morgan fingerprint density at radius 2 is 2.10 bits per heavy atom. The second-order valence-corrected chi connectivity index (χ2v) is 5.92. The van der Waals surface area contributed by atoms with E-state index in [4.69, 9.17) is 5.73 Å². The molecule has 2 rings (SSSR count). The first-order valence-corrected chi connectivity index (χ1v) is 7.34. The Morgan fingerprint density at radius 1 is 1.35 bits per heavy atom. The average Bonchev–Trinajstić information content (AvgIpc) is 2.40. The molecule has 0 radical (unpaired) electrons. The van der Waals surface area contributed by atoms with Crippen LogP contribution in [0.15, 0.2) is 41.6 Å². The Balaban J connectivity index is 2.39. The van der Waals surface area contributed by atoms with Crippen molar-refractivity contribution in [1.29, 1.82) is 0 Å². The molecule has 1 aromatic carbocycles. The first-order valence-electron chi connectivity index (χ1n) is 5.86. The minimum atomic E-state index is -3.85. The van der Waals surface area contributed by atoms with Crippen molar-refractivity contribution in [2.24, 2.45) is 5.73 Å². The molecule has 0 aliphatic heterocycles. The Morgan fingerprint density at radius 3 is 2.70 bits per heavy atom. The zero-order valence-electron chi connectivity index (χ0n) is 10.8. The fraction of sp³-hybridized carbons (Fsp3) is 0.154. The average molecular weight is 295 g/mol. The summed E-state index contributed by atoms with van der Waals surface area (Å²) in [5, 5.41) is 0. The summed E-state index contributed by atoms with van der Waals surface area (Å²) in [5.74, 6) is -0.729. The van der Waals surface area contributed by atoms with Crippen LogP contribution in [0.3, 0.4) is 0 Å². The summed E-state index contributed by atoms with van der Waals surface area (Å²) in [6.07, 6.45) is 2.26. The van der Waals surface area contributed by atoms with Crippen molar-refractivity contribution in [2.75, 3.05) is 4.72 Å². The molecule has 0 fully saturated rings. The number of nitrogens with two attached hydrogens (primary N) is 1. The lowest BCUT2D eigenvalue weighted by atomic mass is 10.1. The van der Waals surface area contributed by atoms with Gasteiger partial charge in [0.05, 0.1) is 16.8 Å². The number of rotatable bonds is 4. The second-order valence-electron chi connectivity index (χ2n) is 4.26. The summed E-state index contributed by atoms with van der Waals surface area (Å²) < 4.78 is 40.1. The number of nitrogens with one attached hydrogen (secondary N) is 1. The first kappa shape index (κ1) is 14.4. The maximum atomic E-state index is 13.4. The van der Waals surface area contributed by atoms with Crippen LogP contribution in [0.1, 0.15) is 11.1 Å². The lowest BCUT2D eigenvalue weighted by Crippen LogP contribution is -2.15. The first-order chi connectivity index (χ1) is 9.44.